The molecule has 1 amide bonds. The zero-order valence-corrected chi connectivity index (χ0v) is 25.1. The van der Waals surface area contributed by atoms with Crippen molar-refractivity contribution < 1.29 is 9.18 Å². The lowest BCUT2D eigenvalue weighted by Crippen LogP contribution is -2.20. The molecule has 10 nitrogen and oxygen atoms in total. The van der Waals surface area contributed by atoms with Gasteiger partial charge in [0.05, 0.1) is 29.3 Å². The van der Waals surface area contributed by atoms with E-state index in [0.717, 1.165) is 50.8 Å². The fourth-order valence-corrected chi connectivity index (χ4v) is 5.20. The molecule has 0 aliphatic heterocycles. The van der Waals surface area contributed by atoms with E-state index in [2.05, 4.69) is 45.7 Å². The van der Waals surface area contributed by atoms with Gasteiger partial charge in [0.1, 0.15) is 11.5 Å². The second-order valence-corrected chi connectivity index (χ2v) is 11.6. The number of aromatic nitrogens is 6. The minimum atomic E-state index is -0.322. The Bertz CT molecular complexity index is 1960. The third kappa shape index (κ3) is 6.28. The van der Waals surface area contributed by atoms with Gasteiger partial charge in [0, 0.05) is 71.3 Å². The summed E-state index contributed by atoms with van der Waals surface area (Å²) < 4.78 is 14.7. The number of benzene rings is 1. The van der Waals surface area contributed by atoms with Gasteiger partial charge in [0.2, 0.25) is 5.91 Å². The highest BCUT2D eigenvalue weighted by Gasteiger charge is 2.16. The number of fused-ring (bicyclic) bond motifs is 2. The number of pyridine rings is 3. The van der Waals surface area contributed by atoms with E-state index in [4.69, 9.17) is 0 Å². The van der Waals surface area contributed by atoms with E-state index in [0.29, 0.717) is 35.7 Å². The number of amides is 1. The van der Waals surface area contributed by atoms with Gasteiger partial charge >= 0.3 is 0 Å². The van der Waals surface area contributed by atoms with Crippen molar-refractivity contribution in [1.29, 1.82) is 0 Å². The number of nitrogens with zero attached hydrogens (tertiary/aromatic N) is 5. The summed E-state index contributed by atoms with van der Waals surface area (Å²) in [5, 5.41) is 15.5. The lowest BCUT2D eigenvalue weighted by Gasteiger charge is -2.13. The van der Waals surface area contributed by atoms with E-state index in [1.165, 1.54) is 12.1 Å². The zero-order chi connectivity index (χ0) is 30.8. The second-order valence-electron chi connectivity index (χ2n) is 11.6. The minimum Gasteiger partial charge on any atom is -0.384 e. The highest BCUT2D eigenvalue weighted by atomic mass is 19.1. The maximum absolute atomic E-state index is 14.7. The third-order valence-electron chi connectivity index (χ3n) is 7.26. The van der Waals surface area contributed by atoms with Gasteiger partial charge in [-0.2, -0.15) is 5.10 Å². The summed E-state index contributed by atoms with van der Waals surface area (Å²) in [5.74, 6) is -0.111. The van der Waals surface area contributed by atoms with Crippen molar-refractivity contribution in [3.05, 3.63) is 73.2 Å². The fourth-order valence-electron chi connectivity index (χ4n) is 5.20. The van der Waals surface area contributed by atoms with Gasteiger partial charge in [-0.05, 0) is 62.0 Å². The lowest BCUT2D eigenvalue weighted by molar-refractivity contribution is -0.116. The molecule has 4 N–H and O–H groups in total. The first kappa shape index (κ1) is 28.9. The molecule has 0 bridgehead atoms. The number of nitrogens with one attached hydrogen (secondary N) is 4. The SMILES string of the molecule is CC(C)CC(=O)Nc1cncc(-c2cnc3[nH]nc(-c4cc5c(-c6cc(F)cc(NCCN(C)C)c6)cncc5[nH]4)c3c2)c1. The van der Waals surface area contributed by atoms with Crippen molar-refractivity contribution in [1.82, 2.24) is 35.0 Å². The van der Waals surface area contributed by atoms with Crippen LogP contribution in [0.5, 0.6) is 0 Å². The molecule has 0 radical (unpaired) electrons. The number of likely N-dealkylation sites (N-methyl/N-ethyl adjacent to an activating group) is 1. The fraction of sp³-hybridized carbons (Fsp3) is 0.242. The molecule has 224 valence electrons. The Hall–Kier alpha value is -5.16. The van der Waals surface area contributed by atoms with Crippen LogP contribution >= 0.6 is 0 Å². The lowest BCUT2D eigenvalue weighted by atomic mass is 10.0. The number of carbonyl (C=O) groups excluding carboxylic acids is 1. The summed E-state index contributed by atoms with van der Waals surface area (Å²) in [7, 11) is 4.00. The number of halogens is 1. The van der Waals surface area contributed by atoms with E-state index in [9.17, 15) is 9.18 Å². The number of aromatic amines is 2. The molecule has 0 fully saturated rings. The van der Waals surface area contributed by atoms with Crippen LogP contribution in [0.3, 0.4) is 0 Å². The summed E-state index contributed by atoms with van der Waals surface area (Å²) >= 11 is 0. The molecule has 11 heteroatoms. The summed E-state index contributed by atoms with van der Waals surface area (Å²) in [6.45, 7) is 5.54. The van der Waals surface area contributed by atoms with Crippen molar-refractivity contribution in [3.8, 4) is 33.6 Å². The van der Waals surface area contributed by atoms with Crippen LogP contribution in [-0.4, -0.2) is 68.1 Å². The van der Waals surface area contributed by atoms with Gasteiger partial charge in [0.25, 0.3) is 0 Å². The Kier molecular flexibility index (Phi) is 8.03. The number of hydrogen-bond donors (Lipinski definition) is 4. The third-order valence-corrected chi connectivity index (χ3v) is 7.26. The van der Waals surface area contributed by atoms with Crippen molar-refractivity contribution in [3.63, 3.8) is 0 Å². The Labute approximate surface area is 254 Å². The van der Waals surface area contributed by atoms with Crippen molar-refractivity contribution in [2.75, 3.05) is 37.8 Å². The Morgan fingerprint density at radius 2 is 1.70 bits per heavy atom. The maximum atomic E-state index is 14.7. The quantitative estimate of drug-likeness (QED) is 0.147. The van der Waals surface area contributed by atoms with Crippen LogP contribution in [0.25, 0.3) is 55.6 Å². The number of H-pyrrole nitrogens is 2. The van der Waals surface area contributed by atoms with Gasteiger partial charge in [-0.15, -0.1) is 0 Å². The van der Waals surface area contributed by atoms with Crippen LogP contribution in [0.2, 0.25) is 0 Å². The van der Waals surface area contributed by atoms with Gasteiger partial charge < -0.3 is 20.5 Å². The van der Waals surface area contributed by atoms with E-state index >= 15 is 0 Å². The summed E-state index contributed by atoms with van der Waals surface area (Å²) in [5.41, 5.74) is 7.43. The molecular weight excluding hydrogens is 557 g/mol. The molecule has 0 spiro atoms. The number of hydrogen-bond acceptors (Lipinski definition) is 7. The average molecular weight is 592 g/mol. The highest BCUT2D eigenvalue weighted by Crippen LogP contribution is 2.35. The van der Waals surface area contributed by atoms with Gasteiger partial charge in [-0.1, -0.05) is 13.8 Å². The first-order valence-corrected chi connectivity index (χ1v) is 14.5. The van der Waals surface area contributed by atoms with Crippen LogP contribution in [0, 0.1) is 11.7 Å². The van der Waals surface area contributed by atoms with Crippen molar-refractivity contribution >= 4 is 39.2 Å². The molecule has 6 rings (SSSR count). The molecule has 44 heavy (non-hydrogen) atoms. The molecule has 0 aliphatic carbocycles. The van der Waals surface area contributed by atoms with Gasteiger partial charge in [-0.3, -0.25) is 19.9 Å². The van der Waals surface area contributed by atoms with Crippen molar-refractivity contribution in [2.45, 2.75) is 20.3 Å². The van der Waals surface area contributed by atoms with Crippen LogP contribution in [0.1, 0.15) is 20.3 Å². The smallest absolute Gasteiger partial charge is 0.224 e. The second kappa shape index (κ2) is 12.2. The Morgan fingerprint density at radius 1 is 0.909 bits per heavy atom. The van der Waals surface area contributed by atoms with Gasteiger partial charge in [0.15, 0.2) is 5.65 Å². The van der Waals surface area contributed by atoms with Crippen LogP contribution < -0.4 is 10.6 Å². The molecular formula is C33H34FN9O. The number of anilines is 2. The Balaban J connectivity index is 1.33. The van der Waals surface area contributed by atoms with Crippen LogP contribution in [-0.2, 0) is 4.79 Å². The summed E-state index contributed by atoms with van der Waals surface area (Å²) in [6.07, 6.45) is 9.06. The molecule has 1 aromatic carbocycles. The summed E-state index contributed by atoms with van der Waals surface area (Å²) in [4.78, 5) is 31.2. The predicted molar refractivity (Wildman–Crippen MR) is 173 cm³/mol. The zero-order valence-electron chi connectivity index (χ0n) is 25.1. The van der Waals surface area contributed by atoms with E-state index in [-0.39, 0.29) is 17.6 Å². The molecule has 6 aromatic rings. The van der Waals surface area contributed by atoms with E-state index in [1.54, 1.807) is 31.0 Å². The first-order chi connectivity index (χ1) is 21.2. The average Bonchev–Trinajstić information content (AvgIpc) is 3.60. The normalized spacial score (nSPS) is 11.6. The number of rotatable bonds is 10. The standard InChI is InChI=1S/C33H34FN9O/c1-19(2)7-31(44)39-25-10-21(14-35-16-25)22-11-27-32(41-42-33(27)38-15-22)29-13-26-28(17-36-18-30(26)40-29)20-8-23(34)12-24(9-20)37-5-6-43(3)4/h8-19,37,40H,5-7H2,1-4H3,(H,39,44)(H,38,41,42). The van der Waals surface area contributed by atoms with Gasteiger partial charge in [-0.25, -0.2) is 9.37 Å². The minimum absolute atomic E-state index is 0.0487. The predicted octanol–water partition coefficient (Wildman–Crippen LogP) is 6.33. The monoisotopic (exact) mass is 591 g/mol. The molecule has 5 aromatic heterocycles. The van der Waals surface area contributed by atoms with E-state index < -0.39 is 0 Å². The molecule has 0 saturated carbocycles. The first-order valence-electron chi connectivity index (χ1n) is 14.5. The molecule has 0 unspecified atom stereocenters. The molecule has 0 aliphatic rings. The van der Waals surface area contributed by atoms with Crippen LogP contribution in [0.15, 0.2) is 67.4 Å². The highest BCUT2D eigenvalue weighted by molar-refractivity contribution is 6.01. The molecule has 0 atom stereocenters. The summed E-state index contributed by atoms with van der Waals surface area (Å²) in [6, 6.07) is 10.9. The number of carbonyl (C=O) groups is 1. The molecule has 0 saturated heterocycles. The molecule has 5 heterocycles. The Morgan fingerprint density at radius 3 is 2.52 bits per heavy atom. The van der Waals surface area contributed by atoms with Crippen molar-refractivity contribution in [2.24, 2.45) is 5.92 Å². The van der Waals surface area contributed by atoms with E-state index in [1.807, 2.05) is 52.2 Å². The largest absolute Gasteiger partial charge is 0.384 e. The van der Waals surface area contributed by atoms with Crippen LogP contribution in [0.4, 0.5) is 15.8 Å². The maximum Gasteiger partial charge on any atom is 0.224 e. The topological polar surface area (TPSA) is 128 Å².